The van der Waals surface area contributed by atoms with Crippen molar-refractivity contribution in [1.29, 1.82) is 0 Å². The molecule has 1 heterocycles. The minimum absolute atomic E-state index is 0.0518. The summed E-state index contributed by atoms with van der Waals surface area (Å²) in [6.07, 6.45) is 2.63. The van der Waals surface area contributed by atoms with Gasteiger partial charge in [0.05, 0.1) is 11.2 Å². The van der Waals surface area contributed by atoms with Crippen LogP contribution in [-0.2, 0) is 17.9 Å². The van der Waals surface area contributed by atoms with Crippen LogP contribution in [0.25, 0.3) is 0 Å². The third-order valence-electron chi connectivity index (χ3n) is 4.41. The summed E-state index contributed by atoms with van der Waals surface area (Å²) in [6.45, 7) is 1.63. The van der Waals surface area contributed by atoms with Gasteiger partial charge in [-0.2, -0.15) is 0 Å². The number of benzene rings is 1. The van der Waals surface area contributed by atoms with Gasteiger partial charge < -0.3 is 11.1 Å². The van der Waals surface area contributed by atoms with Gasteiger partial charge in [-0.15, -0.1) is 11.3 Å². The number of thiazole rings is 1. The van der Waals surface area contributed by atoms with Crippen LogP contribution < -0.4 is 11.1 Å². The molecular formula is C18H24N4OS. The van der Waals surface area contributed by atoms with Crippen molar-refractivity contribution in [3.05, 3.63) is 46.4 Å². The number of rotatable bonds is 6. The number of anilines is 1. The van der Waals surface area contributed by atoms with E-state index in [1.54, 1.807) is 11.3 Å². The van der Waals surface area contributed by atoms with Crippen LogP contribution in [0.4, 0.5) is 5.69 Å². The Morgan fingerprint density at radius 1 is 1.42 bits per heavy atom. The molecule has 1 amide bonds. The molecule has 6 heteroatoms. The van der Waals surface area contributed by atoms with Gasteiger partial charge in [0.2, 0.25) is 5.91 Å². The number of amides is 1. The van der Waals surface area contributed by atoms with Crippen molar-refractivity contribution in [3.63, 3.8) is 0 Å². The molecule has 3 rings (SSSR count). The Labute approximate surface area is 146 Å². The van der Waals surface area contributed by atoms with Crippen molar-refractivity contribution in [2.24, 2.45) is 11.7 Å². The molecule has 1 aliphatic rings. The molecule has 1 fully saturated rings. The second-order valence-corrected chi connectivity index (χ2v) is 7.33. The fraction of sp³-hybridized carbons (Fsp3) is 0.444. The van der Waals surface area contributed by atoms with Crippen LogP contribution in [0, 0.1) is 5.92 Å². The summed E-state index contributed by atoms with van der Waals surface area (Å²) >= 11 is 1.62. The standard InChI is InChI=1S/C18H24N4OS/c1-22(10-17-11-24-12-20-17)9-13-3-2-4-16(7-13)21-18(23)14-5-6-15(19)8-14/h2-4,7,11-12,14-15H,5-6,8-10,19H2,1H3,(H,21,23). The van der Waals surface area contributed by atoms with Crippen LogP contribution in [0.3, 0.4) is 0 Å². The second kappa shape index (κ2) is 7.88. The van der Waals surface area contributed by atoms with Crippen LogP contribution in [0.2, 0.25) is 0 Å². The molecule has 1 aliphatic carbocycles. The molecule has 1 aromatic carbocycles. The zero-order chi connectivity index (χ0) is 16.9. The van der Waals surface area contributed by atoms with Crippen molar-refractivity contribution in [2.45, 2.75) is 38.4 Å². The first kappa shape index (κ1) is 17.1. The lowest BCUT2D eigenvalue weighted by Gasteiger charge is -2.16. The number of nitrogens with one attached hydrogen (secondary N) is 1. The molecule has 0 spiro atoms. The van der Waals surface area contributed by atoms with Gasteiger partial charge in [0.15, 0.2) is 0 Å². The van der Waals surface area contributed by atoms with Crippen LogP contribution in [-0.4, -0.2) is 28.9 Å². The van der Waals surface area contributed by atoms with Gasteiger partial charge in [-0.25, -0.2) is 4.98 Å². The first-order chi connectivity index (χ1) is 11.6. The quantitative estimate of drug-likeness (QED) is 0.845. The van der Waals surface area contributed by atoms with Crippen molar-refractivity contribution < 1.29 is 4.79 Å². The molecule has 0 bridgehead atoms. The number of hydrogen-bond donors (Lipinski definition) is 2. The molecule has 2 atom stereocenters. The largest absolute Gasteiger partial charge is 0.328 e. The number of carbonyl (C=O) groups excluding carboxylic acids is 1. The van der Waals surface area contributed by atoms with E-state index in [4.69, 9.17) is 5.73 Å². The zero-order valence-corrected chi connectivity index (χ0v) is 14.8. The highest BCUT2D eigenvalue weighted by atomic mass is 32.1. The lowest BCUT2D eigenvalue weighted by Crippen LogP contribution is -2.23. The van der Waals surface area contributed by atoms with E-state index in [0.717, 1.165) is 43.7 Å². The van der Waals surface area contributed by atoms with Crippen molar-refractivity contribution in [1.82, 2.24) is 9.88 Å². The van der Waals surface area contributed by atoms with Crippen molar-refractivity contribution in [2.75, 3.05) is 12.4 Å². The lowest BCUT2D eigenvalue weighted by molar-refractivity contribution is -0.119. The molecule has 0 saturated heterocycles. The molecular weight excluding hydrogens is 320 g/mol. The maximum atomic E-state index is 12.3. The maximum Gasteiger partial charge on any atom is 0.227 e. The summed E-state index contributed by atoms with van der Waals surface area (Å²) in [4.78, 5) is 18.9. The summed E-state index contributed by atoms with van der Waals surface area (Å²) in [5, 5.41) is 5.11. The Morgan fingerprint density at radius 2 is 2.29 bits per heavy atom. The summed E-state index contributed by atoms with van der Waals surface area (Å²) in [6, 6.07) is 8.23. The van der Waals surface area contributed by atoms with Crippen LogP contribution >= 0.6 is 11.3 Å². The average Bonchev–Trinajstić information content (AvgIpc) is 3.19. The number of hydrogen-bond acceptors (Lipinski definition) is 5. The third-order valence-corrected chi connectivity index (χ3v) is 5.04. The molecule has 0 aliphatic heterocycles. The first-order valence-electron chi connectivity index (χ1n) is 8.31. The number of nitrogens with zero attached hydrogens (tertiary/aromatic N) is 2. The Hall–Kier alpha value is -1.76. The van der Waals surface area contributed by atoms with E-state index in [-0.39, 0.29) is 17.9 Å². The molecule has 3 N–H and O–H groups in total. The normalized spacial score (nSPS) is 20.5. The first-order valence-corrected chi connectivity index (χ1v) is 9.25. The van der Waals surface area contributed by atoms with Gasteiger partial charge in [0.1, 0.15) is 0 Å². The Bertz CT molecular complexity index is 673. The van der Waals surface area contributed by atoms with E-state index in [2.05, 4.69) is 33.7 Å². The zero-order valence-electron chi connectivity index (χ0n) is 13.9. The monoisotopic (exact) mass is 344 g/mol. The Kier molecular flexibility index (Phi) is 5.60. The van der Waals surface area contributed by atoms with Gasteiger partial charge in [-0.3, -0.25) is 9.69 Å². The van der Waals surface area contributed by atoms with Gasteiger partial charge in [-0.1, -0.05) is 12.1 Å². The molecule has 1 aromatic heterocycles. The number of nitrogens with two attached hydrogens (primary N) is 1. The van der Waals surface area contributed by atoms with E-state index in [1.165, 1.54) is 5.56 Å². The SMILES string of the molecule is CN(Cc1cccc(NC(=O)C2CCC(N)C2)c1)Cc1cscn1. The van der Waals surface area contributed by atoms with E-state index in [1.807, 2.05) is 23.7 Å². The highest BCUT2D eigenvalue weighted by molar-refractivity contribution is 7.07. The second-order valence-electron chi connectivity index (χ2n) is 6.61. The van der Waals surface area contributed by atoms with Gasteiger partial charge >= 0.3 is 0 Å². The van der Waals surface area contributed by atoms with Crippen LogP contribution in [0.1, 0.15) is 30.5 Å². The Morgan fingerprint density at radius 3 is 3.00 bits per heavy atom. The molecule has 24 heavy (non-hydrogen) atoms. The molecule has 0 radical (unpaired) electrons. The minimum Gasteiger partial charge on any atom is -0.328 e. The van der Waals surface area contributed by atoms with E-state index < -0.39 is 0 Å². The number of aromatic nitrogens is 1. The molecule has 2 aromatic rings. The minimum atomic E-state index is 0.0518. The van der Waals surface area contributed by atoms with Crippen molar-refractivity contribution >= 4 is 22.9 Å². The summed E-state index contributed by atoms with van der Waals surface area (Å²) < 4.78 is 0. The fourth-order valence-corrected chi connectivity index (χ4v) is 3.76. The molecule has 2 unspecified atom stereocenters. The van der Waals surface area contributed by atoms with Crippen molar-refractivity contribution in [3.8, 4) is 0 Å². The van der Waals surface area contributed by atoms with Gasteiger partial charge in [0, 0.05) is 36.1 Å². The maximum absolute atomic E-state index is 12.3. The highest BCUT2D eigenvalue weighted by Crippen LogP contribution is 2.25. The summed E-state index contributed by atoms with van der Waals surface area (Å²) in [7, 11) is 2.07. The van der Waals surface area contributed by atoms with E-state index >= 15 is 0 Å². The van der Waals surface area contributed by atoms with E-state index in [0.29, 0.717) is 0 Å². The molecule has 128 valence electrons. The summed E-state index contributed by atoms with van der Waals surface area (Å²) in [5.41, 5.74) is 10.9. The molecule has 5 nitrogen and oxygen atoms in total. The summed E-state index contributed by atoms with van der Waals surface area (Å²) in [5.74, 6) is 0.145. The topological polar surface area (TPSA) is 71.2 Å². The van der Waals surface area contributed by atoms with Crippen LogP contribution in [0.15, 0.2) is 35.2 Å². The van der Waals surface area contributed by atoms with Gasteiger partial charge in [-0.05, 0) is 44.0 Å². The lowest BCUT2D eigenvalue weighted by atomic mass is 10.1. The molecule has 1 saturated carbocycles. The number of carbonyl (C=O) groups is 1. The smallest absolute Gasteiger partial charge is 0.227 e. The predicted octanol–water partition coefficient (Wildman–Crippen LogP) is 2.84. The van der Waals surface area contributed by atoms with E-state index in [9.17, 15) is 4.79 Å². The fourth-order valence-electron chi connectivity index (χ4n) is 3.21. The Balaban J connectivity index is 1.56. The van der Waals surface area contributed by atoms with Crippen LogP contribution in [0.5, 0.6) is 0 Å². The predicted molar refractivity (Wildman–Crippen MR) is 97.7 cm³/mol. The third kappa shape index (κ3) is 4.63. The van der Waals surface area contributed by atoms with Gasteiger partial charge in [0.25, 0.3) is 0 Å². The average molecular weight is 344 g/mol. The highest BCUT2D eigenvalue weighted by Gasteiger charge is 2.27.